The Kier molecular flexibility index (Phi) is 5.65. The van der Waals surface area contributed by atoms with Gasteiger partial charge in [0.05, 0.1) is 0 Å². The fraction of sp³-hybridized carbons (Fsp3) is 0.250. The molecule has 1 heterocycles. The number of carbonyl (C=O) groups excluding carboxylic acids is 1. The number of aromatic nitrogens is 1. The number of hydrogen-bond acceptors (Lipinski definition) is 3. The summed E-state index contributed by atoms with van der Waals surface area (Å²) in [6.07, 6.45) is 1.63. The number of rotatable bonds is 7. The Morgan fingerprint density at radius 3 is 2.58 bits per heavy atom. The number of fused-ring (bicyclic) bond motifs is 1. The second kappa shape index (κ2) is 8.12. The molecule has 136 valence electrons. The van der Waals surface area contributed by atoms with E-state index in [2.05, 4.69) is 10.3 Å². The molecule has 5 nitrogen and oxygen atoms in total. The zero-order valence-electron chi connectivity index (χ0n) is 14.5. The number of halogens is 1. The predicted molar refractivity (Wildman–Crippen MR) is 102 cm³/mol. The van der Waals surface area contributed by atoms with Crippen molar-refractivity contribution in [2.24, 2.45) is 11.5 Å². The van der Waals surface area contributed by atoms with Crippen LogP contribution in [-0.4, -0.2) is 30.0 Å². The molecule has 6 N–H and O–H groups in total. The third-order valence-electron chi connectivity index (χ3n) is 4.35. The van der Waals surface area contributed by atoms with Gasteiger partial charge in [0.25, 0.3) is 5.91 Å². The number of aromatic amines is 1. The van der Waals surface area contributed by atoms with Crippen LogP contribution in [0, 0.1) is 5.82 Å². The van der Waals surface area contributed by atoms with Crippen molar-refractivity contribution in [3.8, 4) is 11.1 Å². The van der Waals surface area contributed by atoms with E-state index in [-0.39, 0.29) is 17.8 Å². The summed E-state index contributed by atoms with van der Waals surface area (Å²) in [5, 5.41) is 3.76. The van der Waals surface area contributed by atoms with E-state index >= 15 is 0 Å². The molecule has 0 spiro atoms. The highest BCUT2D eigenvalue weighted by atomic mass is 19.1. The lowest BCUT2D eigenvalue weighted by Crippen LogP contribution is -2.37. The Bertz CT molecular complexity index is 888. The SMILES string of the molecule is NCCC[C@@H](N)CNC(=O)c1cc2cc(-c3ccc(F)cc3)ccc2[nH]1. The first kappa shape index (κ1) is 18.1. The van der Waals surface area contributed by atoms with E-state index in [1.807, 2.05) is 24.3 Å². The Morgan fingerprint density at radius 2 is 1.85 bits per heavy atom. The Morgan fingerprint density at radius 1 is 1.12 bits per heavy atom. The molecule has 0 bridgehead atoms. The highest BCUT2D eigenvalue weighted by molar-refractivity contribution is 5.98. The van der Waals surface area contributed by atoms with Crippen molar-refractivity contribution in [1.29, 1.82) is 0 Å². The van der Waals surface area contributed by atoms with Crippen LogP contribution in [0.25, 0.3) is 22.0 Å². The maximum atomic E-state index is 13.1. The molecule has 0 radical (unpaired) electrons. The standard InChI is InChI=1S/C20H23FN4O/c21-16-6-3-13(4-7-16)14-5-8-18-15(10-14)11-19(25-18)20(26)24-12-17(23)2-1-9-22/h3-8,10-11,17,25H,1-2,9,12,22-23H2,(H,24,26)/t17-/m1/s1. The number of nitrogens with two attached hydrogens (primary N) is 2. The number of nitrogens with one attached hydrogen (secondary N) is 2. The van der Waals surface area contributed by atoms with Gasteiger partial charge >= 0.3 is 0 Å². The molecule has 3 rings (SSSR count). The average molecular weight is 354 g/mol. The molecule has 26 heavy (non-hydrogen) atoms. The molecular formula is C20H23FN4O. The summed E-state index contributed by atoms with van der Waals surface area (Å²) in [5.41, 5.74) is 14.7. The fourth-order valence-corrected chi connectivity index (χ4v) is 2.88. The van der Waals surface area contributed by atoms with E-state index in [9.17, 15) is 9.18 Å². The van der Waals surface area contributed by atoms with E-state index in [0.717, 1.165) is 34.9 Å². The molecule has 0 aliphatic heterocycles. The molecule has 0 saturated heterocycles. The average Bonchev–Trinajstić information content (AvgIpc) is 3.08. The molecule has 0 unspecified atom stereocenters. The van der Waals surface area contributed by atoms with Crippen LogP contribution in [0.1, 0.15) is 23.3 Å². The predicted octanol–water partition coefficient (Wildman–Crippen LogP) is 2.77. The number of carbonyl (C=O) groups is 1. The van der Waals surface area contributed by atoms with Gasteiger partial charge in [0.1, 0.15) is 11.5 Å². The largest absolute Gasteiger partial charge is 0.351 e. The first-order valence-electron chi connectivity index (χ1n) is 8.69. The van der Waals surface area contributed by atoms with Gasteiger partial charge in [-0.2, -0.15) is 0 Å². The third kappa shape index (κ3) is 4.28. The van der Waals surface area contributed by atoms with Crippen molar-refractivity contribution in [3.63, 3.8) is 0 Å². The Balaban J connectivity index is 1.72. The molecule has 1 atom stereocenters. The zero-order chi connectivity index (χ0) is 18.5. The van der Waals surface area contributed by atoms with Crippen LogP contribution in [0.15, 0.2) is 48.5 Å². The lowest BCUT2D eigenvalue weighted by atomic mass is 10.0. The third-order valence-corrected chi connectivity index (χ3v) is 4.35. The lowest BCUT2D eigenvalue weighted by molar-refractivity contribution is 0.0946. The molecule has 3 aromatic rings. The minimum Gasteiger partial charge on any atom is -0.351 e. The van der Waals surface area contributed by atoms with Crippen LogP contribution in [-0.2, 0) is 0 Å². The number of benzene rings is 2. The summed E-state index contributed by atoms with van der Waals surface area (Å²) in [5.74, 6) is -0.451. The van der Waals surface area contributed by atoms with E-state index in [1.54, 1.807) is 12.1 Å². The number of amides is 1. The van der Waals surface area contributed by atoms with Crippen LogP contribution in [0.5, 0.6) is 0 Å². The van der Waals surface area contributed by atoms with Gasteiger partial charge in [0.2, 0.25) is 0 Å². The monoisotopic (exact) mass is 354 g/mol. The van der Waals surface area contributed by atoms with Gasteiger partial charge in [0, 0.05) is 23.5 Å². The molecule has 0 aliphatic rings. The Labute approximate surface area is 151 Å². The van der Waals surface area contributed by atoms with Crippen LogP contribution >= 0.6 is 0 Å². The minimum atomic E-state index is -0.264. The van der Waals surface area contributed by atoms with Gasteiger partial charge < -0.3 is 21.8 Å². The van der Waals surface area contributed by atoms with Crippen LogP contribution in [0.4, 0.5) is 4.39 Å². The van der Waals surface area contributed by atoms with Crippen LogP contribution < -0.4 is 16.8 Å². The van der Waals surface area contributed by atoms with Crippen molar-refractivity contribution in [1.82, 2.24) is 10.3 Å². The van der Waals surface area contributed by atoms with Crippen molar-refractivity contribution < 1.29 is 9.18 Å². The van der Waals surface area contributed by atoms with Gasteiger partial charge in [-0.1, -0.05) is 18.2 Å². The molecule has 0 fully saturated rings. The van der Waals surface area contributed by atoms with E-state index in [1.165, 1.54) is 12.1 Å². The molecular weight excluding hydrogens is 331 g/mol. The first-order valence-corrected chi connectivity index (χ1v) is 8.69. The minimum absolute atomic E-state index is 0.100. The van der Waals surface area contributed by atoms with Crippen LogP contribution in [0.3, 0.4) is 0 Å². The molecule has 1 aromatic heterocycles. The summed E-state index contributed by atoms with van der Waals surface area (Å²) in [4.78, 5) is 15.4. The number of hydrogen-bond donors (Lipinski definition) is 4. The molecule has 6 heteroatoms. The van der Waals surface area contributed by atoms with Crippen molar-refractivity contribution in [3.05, 3.63) is 60.0 Å². The highest BCUT2D eigenvalue weighted by Crippen LogP contribution is 2.25. The van der Waals surface area contributed by atoms with Gasteiger partial charge in [-0.25, -0.2) is 4.39 Å². The van der Waals surface area contributed by atoms with Gasteiger partial charge in [0.15, 0.2) is 0 Å². The molecule has 0 aliphatic carbocycles. The van der Waals surface area contributed by atoms with E-state index < -0.39 is 0 Å². The van der Waals surface area contributed by atoms with Crippen molar-refractivity contribution >= 4 is 16.8 Å². The maximum absolute atomic E-state index is 13.1. The summed E-state index contributed by atoms with van der Waals surface area (Å²) in [7, 11) is 0. The van der Waals surface area contributed by atoms with E-state index in [0.29, 0.717) is 18.8 Å². The first-order chi connectivity index (χ1) is 12.6. The van der Waals surface area contributed by atoms with Crippen LogP contribution in [0.2, 0.25) is 0 Å². The molecule has 0 saturated carbocycles. The zero-order valence-corrected chi connectivity index (χ0v) is 14.5. The van der Waals surface area contributed by atoms with Gasteiger partial charge in [-0.05, 0) is 60.8 Å². The lowest BCUT2D eigenvalue weighted by Gasteiger charge is -2.11. The van der Waals surface area contributed by atoms with E-state index in [4.69, 9.17) is 11.5 Å². The second-order valence-corrected chi connectivity index (χ2v) is 6.39. The smallest absolute Gasteiger partial charge is 0.267 e. The normalized spacial score (nSPS) is 12.3. The maximum Gasteiger partial charge on any atom is 0.267 e. The summed E-state index contributed by atoms with van der Waals surface area (Å²) < 4.78 is 13.1. The Hall–Kier alpha value is -2.70. The van der Waals surface area contributed by atoms with Crippen molar-refractivity contribution in [2.45, 2.75) is 18.9 Å². The second-order valence-electron chi connectivity index (χ2n) is 6.39. The summed E-state index contributed by atoms with van der Waals surface area (Å²) in [6.45, 7) is 1.01. The summed E-state index contributed by atoms with van der Waals surface area (Å²) >= 11 is 0. The highest BCUT2D eigenvalue weighted by Gasteiger charge is 2.11. The summed E-state index contributed by atoms with van der Waals surface area (Å²) in [6, 6.07) is 13.9. The van der Waals surface area contributed by atoms with Gasteiger partial charge in [-0.15, -0.1) is 0 Å². The molecule has 1 amide bonds. The van der Waals surface area contributed by atoms with Gasteiger partial charge in [-0.3, -0.25) is 4.79 Å². The fourth-order valence-electron chi connectivity index (χ4n) is 2.88. The topological polar surface area (TPSA) is 96.9 Å². The quantitative estimate of drug-likeness (QED) is 0.525. The number of H-pyrrole nitrogens is 1. The molecule has 2 aromatic carbocycles. The van der Waals surface area contributed by atoms with Crippen molar-refractivity contribution in [2.75, 3.05) is 13.1 Å².